The third kappa shape index (κ3) is 5.19. The number of para-hydroxylation sites is 1. The second-order valence-electron chi connectivity index (χ2n) is 6.89. The number of anilines is 2. The first kappa shape index (κ1) is 20.1. The fraction of sp³-hybridized carbons (Fsp3) is 0.381. The minimum absolute atomic E-state index is 0.00144. The van der Waals surface area contributed by atoms with E-state index in [0.29, 0.717) is 22.9 Å². The van der Waals surface area contributed by atoms with Crippen molar-refractivity contribution in [2.45, 2.75) is 19.5 Å². The Hall–Kier alpha value is -2.67. The van der Waals surface area contributed by atoms with Crippen molar-refractivity contribution in [3.05, 3.63) is 54.1 Å². The lowest BCUT2D eigenvalue weighted by Crippen LogP contribution is -2.42. The largest absolute Gasteiger partial charge is 0.435 e. The van der Waals surface area contributed by atoms with Gasteiger partial charge in [0.2, 0.25) is 0 Å². The van der Waals surface area contributed by atoms with Gasteiger partial charge in [-0.05, 0) is 68.8 Å². The highest BCUT2D eigenvalue weighted by Crippen LogP contribution is 2.26. The molecule has 2 aromatic carbocycles. The lowest BCUT2D eigenvalue weighted by Gasteiger charge is -2.33. The predicted molar refractivity (Wildman–Crippen MR) is 105 cm³/mol. The number of nitrogens with one attached hydrogen (secondary N) is 2. The third-order valence-corrected chi connectivity index (χ3v) is 4.81. The van der Waals surface area contributed by atoms with Crippen LogP contribution in [0.25, 0.3) is 0 Å². The van der Waals surface area contributed by atoms with E-state index in [1.54, 1.807) is 18.2 Å². The first-order valence-corrected chi connectivity index (χ1v) is 9.41. The minimum atomic E-state index is -2.85. The zero-order valence-corrected chi connectivity index (χ0v) is 15.8. The number of alkyl halides is 2. The van der Waals surface area contributed by atoms with Gasteiger partial charge >= 0.3 is 6.61 Å². The molecule has 0 spiro atoms. The van der Waals surface area contributed by atoms with E-state index in [1.807, 2.05) is 30.1 Å². The number of nitrogens with zero attached hydrogens (tertiary/aromatic N) is 1. The molecular weight excluding hydrogens is 364 g/mol. The lowest BCUT2D eigenvalue weighted by atomic mass is 9.97. The maximum atomic E-state index is 13.1. The summed E-state index contributed by atoms with van der Waals surface area (Å²) in [6.45, 7) is -0.453. The molecule has 0 saturated carbocycles. The van der Waals surface area contributed by atoms with Crippen LogP contribution < -0.4 is 15.4 Å². The molecule has 1 aliphatic rings. The molecule has 1 atom stereocenters. The summed E-state index contributed by atoms with van der Waals surface area (Å²) in [7, 11) is 1.93. The molecular formula is C21H25F2N3O2. The Morgan fingerprint density at radius 1 is 1.21 bits per heavy atom. The van der Waals surface area contributed by atoms with Gasteiger partial charge in [-0.3, -0.25) is 4.79 Å². The van der Waals surface area contributed by atoms with Gasteiger partial charge in [0.25, 0.3) is 5.91 Å². The van der Waals surface area contributed by atoms with Crippen LogP contribution in [0, 0.1) is 5.92 Å². The number of hydrogen-bond acceptors (Lipinski definition) is 4. The highest BCUT2D eigenvalue weighted by atomic mass is 19.3. The number of halogens is 2. The second kappa shape index (κ2) is 9.50. The SMILES string of the molecule is CNCC1CCCN(C(=O)c2ccccc2Nc2ccc(OC(F)F)cc2)C1. The average molecular weight is 389 g/mol. The Morgan fingerprint density at radius 2 is 1.96 bits per heavy atom. The van der Waals surface area contributed by atoms with E-state index in [4.69, 9.17) is 0 Å². The number of likely N-dealkylation sites (tertiary alicyclic amines) is 1. The van der Waals surface area contributed by atoms with Crippen LogP contribution in [0.4, 0.5) is 20.2 Å². The van der Waals surface area contributed by atoms with Gasteiger partial charge in [-0.15, -0.1) is 0 Å². The molecule has 0 bridgehead atoms. The number of hydrogen-bond donors (Lipinski definition) is 2. The summed E-state index contributed by atoms with van der Waals surface area (Å²) in [5.41, 5.74) is 1.97. The molecule has 0 aromatic heterocycles. The number of carbonyl (C=O) groups is 1. The van der Waals surface area contributed by atoms with Crippen LogP contribution in [-0.4, -0.2) is 44.1 Å². The Kier molecular flexibility index (Phi) is 6.81. The van der Waals surface area contributed by atoms with Crippen molar-refractivity contribution < 1.29 is 18.3 Å². The summed E-state index contributed by atoms with van der Waals surface area (Å²) in [4.78, 5) is 15.0. The van der Waals surface area contributed by atoms with E-state index >= 15 is 0 Å². The van der Waals surface area contributed by atoms with Crippen LogP contribution in [-0.2, 0) is 0 Å². The van der Waals surface area contributed by atoms with Crippen LogP contribution in [0.2, 0.25) is 0 Å². The number of benzene rings is 2. The molecule has 28 heavy (non-hydrogen) atoms. The fourth-order valence-electron chi connectivity index (χ4n) is 3.53. The van der Waals surface area contributed by atoms with E-state index in [2.05, 4.69) is 15.4 Å². The van der Waals surface area contributed by atoms with Crippen LogP contribution in [0.1, 0.15) is 23.2 Å². The predicted octanol–water partition coefficient (Wildman–Crippen LogP) is 4.10. The van der Waals surface area contributed by atoms with Gasteiger partial charge in [0.15, 0.2) is 0 Å². The average Bonchev–Trinajstić information content (AvgIpc) is 2.69. The summed E-state index contributed by atoms with van der Waals surface area (Å²) in [6, 6.07) is 13.6. The Balaban J connectivity index is 1.73. The molecule has 0 aliphatic carbocycles. The molecule has 1 saturated heterocycles. The number of carbonyl (C=O) groups excluding carboxylic acids is 1. The van der Waals surface area contributed by atoms with Crippen LogP contribution in [0.15, 0.2) is 48.5 Å². The molecule has 1 fully saturated rings. The van der Waals surface area contributed by atoms with Crippen molar-refractivity contribution in [2.75, 3.05) is 32.0 Å². The van der Waals surface area contributed by atoms with Crippen molar-refractivity contribution in [1.29, 1.82) is 0 Å². The molecule has 0 radical (unpaired) electrons. The summed E-state index contributed by atoms with van der Waals surface area (Å²) >= 11 is 0. The first-order valence-electron chi connectivity index (χ1n) is 9.41. The van der Waals surface area contributed by atoms with Crippen molar-refractivity contribution in [1.82, 2.24) is 10.2 Å². The van der Waals surface area contributed by atoms with Crippen molar-refractivity contribution >= 4 is 17.3 Å². The smallest absolute Gasteiger partial charge is 0.387 e. The normalized spacial score (nSPS) is 16.9. The van der Waals surface area contributed by atoms with E-state index in [-0.39, 0.29) is 11.7 Å². The summed E-state index contributed by atoms with van der Waals surface area (Å²) in [6.07, 6.45) is 2.12. The monoisotopic (exact) mass is 389 g/mol. The number of amides is 1. The topological polar surface area (TPSA) is 53.6 Å². The Labute approximate surface area is 163 Å². The lowest BCUT2D eigenvalue weighted by molar-refractivity contribution is -0.0498. The molecule has 1 aliphatic heterocycles. The molecule has 1 amide bonds. The minimum Gasteiger partial charge on any atom is -0.435 e. The van der Waals surface area contributed by atoms with Crippen LogP contribution >= 0.6 is 0 Å². The molecule has 2 aromatic rings. The van der Waals surface area contributed by atoms with Gasteiger partial charge in [0, 0.05) is 18.8 Å². The molecule has 1 unspecified atom stereocenters. The zero-order chi connectivity index (χ0) is 19.9. The Morgan fingerprint density at radius 3 is 2.68 bits per heavy atom. The molecule has 3 rings (SSSR count). The highest BCUT2D eigenvalue weighted by Gasteiger charge is 2.25. The molecule has 150 valence electrons. The van der Waals surface area contributed by atoms with E-state index in [0.717, 1.165) is 32.5 Å². The molecule has 7 heteroatoms. The van der Waals surface area contributed by atoms with Gasteiger partial charge < -0.3 is 20.3 Å². The number of ether oxygens (including phenoxy) is 1. The summed E-state index contributed by atoms with van der Waals surface area (Å²) in [5.74, 6) is 0.556. The quantitative estimate of drug-likeness (QED) is 0.749. The maximum absolute atomic E-state index is 13.1. The van der Waals surface area contributed by atoms with Gasteiger partial charge in [0.1, 0.15) is 5.75 Å². The van der Waals surface area contributed by atoms with Crippen LogP contribution in [0.5, 0.6) is 5.75 Å². The van der Waals surface area contributed by atoms with Crippen LogP contribution in [0.3, 0.4) is 0 Å². The molecule has 1 heterocycles. The first-order chi connectivity index (χ1) is 13.6. The van der Waals surface area contributed by atoms with E-state index in [9.17, 15) is 13.6 Å². The fourth-order valence-corrected chi connectivity index (χ4v) is 3.53. The number of piperidine rings is 1. The summed E-state index contributed by atoms with van der Waals surface area (Å²) in [5, 5.41) is 6.40. The molecule has 2 N–H and O–H groups in total. The van der Waals surface area contributed by atoms with Crippen molar-refractivity contribution in [2.24, 2.45) is 5.92 Å². The summed E-state index contributed by atoms with van der Waals surface area (Å²) < 4.78 is 28.9. The van der Waals surface area contributed by atoms with Gasteiger partial charge in [-0.2, -0.15) is 8.78 Å². The molecule has 5 nitrogen and oxygen atoms in total. The van der Waals surface area contributed by atoms with E-state index in [1.165, 1.54) is 12.1 Å². The third-order valence-electron chi connectivity index (χ3n) is 4.81. The second-order valence-corrected chi connectivity index (χ2v) is 6.89. The van der Waals surface area contributed by atoms with Gasteiger partial charge in [-0.25, -0.2) is 0 Å². The maximum Gasteiger partial charge on any atom is 0.387 e. The van der Waals surface area contributed by atoms with Crippen molar-refractivity contribution in [3.63, 3.8) is 0 Å². The van der Waals surface area contributed by atoms with E-state index < -0.39 is 6.61 Å². The number of rotatable bonds is 7. The van der Waals surface area contributed by atoms with Crippen molar-refractivity contribution in [3.8, 4) is 5.75 Å². The standard InChI is InChI=1S/C21H25F2N3O2/c1-24-13-15-5-4-12-26(14-15)20(27)18-6-2-3-7-19(18)25-16-8-10-17(11-9-16)28-21(22)23/h2-3,6-11,15,21,24-25H,4-5,12-14H2,1H3. The zero-order valence-electron chi connectivity index (χ0n) is 15.8. The highest BCUT2D eigenvalue weighted by molar-refractivity contribution is 6.00. The Bertz CT molecular complexity index is 781. The van der Waals surface area contributed by atoms with Gasteiger partial charge in [-0.1, -0.05) is 12.1 Å². The van der Waals surface area contributed by atoms with Gasteiger partial charge in [0.05, 0.1) is 11.3 Å².